The van der Waals surface area contributed by atoms with Crippen LogP contribution in [0.1, 0.15) is 17.3 Å². The van der Waals surface area contributed by atoms with Crippen LogP contribution in [0.4, 0.5) is 5.69 Å². The van der Waals surface area contributed by atoms with E-state index >= 15 is 0 Å². The number of benzene rings is 1. The van der Waals surface area contributed by atoms with Gasteiger partial charge in [0.15, 0.2) is 0 Å². The molecule has 0 fully saturated rings. The Morgan fingerprint density at radius 1 is 1.59 bits per heavy atom. The topological polar surface area (TPSA) is 92.5 Å². The summed E-state index contributed by atoms with van der Waals surface area (Å²) >= 11 is 3.10. The van der Waals surface area contributed by atoms with Gasteiger partial charge < -0.3 is 10.4 Å². The largest absolute Gasteiger partial charge is 0.392 e. The number of non-ortho nitro benzene ring substituents is 1. The Morgan fingerprint density at radius 2 is 2.24 bits per heavy atom. The van der Waals surface area contributed by atoms with Gasteiger partial charge in [0, 0.05) is 28.7 Å². The molecule has 0 aliphatic rings. The molecule has 7 heteroatoms. The third kappa shape index (κ3) is 4.12. The van der Waals surface area contributed by atoms with Gasteiger partial charge in [-0.05, 0) is 13.0 Å². The second kappa shape index (κ2) is 5.74. The summed E-state index contributed by atoms with van der Waals surface area (Å²) in [6, 6.07) is 3.97. The monoisotopic (exact) mass is 302 g/mol. The molecule has 2 N–H and O–H groups in total. The van der Waals surface area contributed by atoms with Crippen molar-refractivity contribution >= 4 is 27.5 Å². The van der Waals surface area contributed by atoms with Gasteiger partial charge >= 0.3 is 0 Å². The second-order valence-electron chi connectivity index (χ2n) is 3.51. The molecular formula is C10H11BrN2O4. The first kappa shape index (κ1) is 13.6. The highest BCUT2D eigenvalue weighted by Crippen LogP contribution is 2.21. The number of hydrogen-bond acceptors (Lipinski definition) is 4. The molecular weight excluding hydrogens is 292 g/mol. The Balaban J connectivity index is 2.90. The summed E-state index contributed by atoms with van der Waals surface area (Å²) in [7, 11) is 0. The number of halogens is 1. The lowest BCUT2D eigenvalue weighted by molar-refractivity contribution is -0.385. The molecule has 1 aromatic rings. The summed E-state index contributed by atoms with van der Waals surface area (Å²) in [4.78, 5) is 21.6. The van der Waals surface area contributed by atoms with E-state index in [0.29, 0.717) is 4.47 Å². The molecule has 0 saturated heterocycles. The third-order valence-corrected chi connectivity index (χ3v) is 2.37. The number of nitro groups is 1. The number of nitrogens with one attached hydrogen (secondary N) is 1. The number of hydrogen-bond donors (Lipinski definition) is 2. The van der Waals surface area contributed by atoms with Crippen LogP contribution >= 0.6 is 15.9 Å². The van der Waals surface area contributed by atoms with Crippen LogP contribution in [0.15, 0.2) is 22.7 Å². The van der Waals surface area contributed by atoms with Crippen LogP contribution in [0.3, 0.4) is 0 Å². The maximum atomic E-state index is 11.6. The van der Waals surface area contributed by atoms with E-state index in [4.69, 9.17) is 5.11 Å². The van der Waals surface area contributed by atoms with E-state index in [-0.39, 0.29) is 17.8 Å². The van der Waals surface area contributed by atoms with Gasteiger partial charge in [0.2, 0.25) is 0 Å². The van der Waals surface area contributed by atoms with Crippen molar-refractivity contribution in [2.75, 3.05) is 6.54 Å². The van der Waals surface area contributed by atoms with Crippen molar-refractivity contribution < 1.29 is 14.8 Å². The van der Waals surface area contributed by atoms with Crippen molar-refractivity contribution in [2.45, 2.75) is 13.0 Å². The minimum Gasteiger partial charge on any atom is -0.392 e. The Bertz CT molecular complexity index is 448. The summed E-state index contributed by atoms with van der Waals surface area (Å²) in [5, 5.41) is 22.1. The van der Waals surface area contributed by atoms with Crippen LogP contribution in [-0.2, 0) is 0 Å². The molecule has 1 amide bonds. The van der Waals surface area contributed by atoms with E-state index in [0.717, 1.165) is 0 Å². The fourth-order valence-corrected chi connectivity index (χ4v) is 1.63. The lowest BCUT2D eigenvalue weighted by Gasteiger charge is -2.07. The highest BCUT2D eigenvalue weighted by Gasteiger charge is 2.13. The molecule has 0 spiro atoms. The lowest BCUT2D eigenvalue weighted by Crippen LogP contribution is -2.30. The fourth-order valence-electron chi connectivity index (χ4n) is 1.15. The number of aliphatic hydroxyl groups is 1. The highest BCUT2D eigenvalue weighted by molar-refractivity contribution is 9.10. The number of amides is 1. The van der Waals surface area contributed by atoms with Gasteiger partial charge in [-0.1, -0.05) is 15.9 Å². The predicted octanol–water partition coefficient (Wildman–Crippen LogP) is 1.47. The van der Waals surface area contributed by atoms with Gasteiger partial charge in [-0.25, -0.2) is 0 Å². The van der Waals surface area contributed by atoms with Gasteiger partial charge in [-0.3, -0.25) is 14.9 Å². The number of carbonyl (C=O) groups excluding carboxylic acids is 1. The molecule has 0 unspecified atom stereocenters. The molecule has 1 rings (SSSR count). The van der Waals surface area contributed by atoms with Crippen LogP contribution in [0.25, 0.3) is 0 Å². The Kier molecular flexibility index (Phi) is 4.59. The Labute approximate surface area is 106 Å². The molecule has 0 saturated carbocycles. The van der Waals surface area contributed by atoms with Gasteiger partial charge in [0.1, 0.15) is 0 Å². The zero-order valence-corrected chi connectivity index (χ0v) is 10.6. The van der Waals surface area contributed by atoms with E-state index in [1.807, 2.05) is 0 Å². The molecule has 0 radical (unpaired) electrons. The first-order valence-electron chi connectivity index (χ1n) is 4.81. The van der Waals surface area contributed by atoms with Crippen molar-refractivity contribution in [3.8, 4) is 0 Å². The van der Waals surface area contributed by atoms with E-state index in [2.05, 4.69) is 21.2 Å². The minimum atomic E-state index is -0.666. The van der Waals surface area contributed by atoms with Crippen LogP contribution in [-0.4, -0.2) is 28.6 Å². The zero-order chi connectivity index (χ0) is 13.0. The molecule has 0 aliphatic carbocycles. The van der Waals surface area contributed by atoms with Gasteiger partial charge in [-0.2, -0.15) is 0 Å². The SMILES string of the molecule is C[C@H](O)CNC(=O)c1cc(Br)cc([N+](=O)[O-])c1. The Morgan fingerprint density at radius 3 is 2.76 bits per heavy atom. The zero-order valence-electron chi connectivity index (χ0n) is 9.01. The van der Waals surface area contributed by atoms with E-state index < -0.39 is 16.9 Å². The number of carbonyl (C=O) groups is 1. The lowest BCUT2D eigenvalue weighted by atomic mass is 10.2. The van der Waals surface area contributed by atoms with E-state index in [9.17, 15) is 14.9 Å². The summed E-state index contributed by atoms with van der Waals surface area (Å²) < 4.78 is 0.453. The van der Waals surface area contributed by atoms with Crippen molar-refractivity contribution in [2.24, 2.45) is 0 Å². The summed E-state index contributed by atoms with van der Waals surface area (Å²) in [5.74, 6) is -0.463. The molecule has 6 nitrogen and oxygen atoms in total. The van der Waals surface area contributed by atoms with Gasteiger partial charge in [-0.15, -0.1) is 0 Å². The predicted molar refractivity (Wildman–Crippen MR) is 64.8 cm³/mol. The third-order valence-electron chi connectivity index (χ3n) is 1.91. The molecule has 0 aliphatic heterocycles. The van der Waals surface area contributed by atoms with Gasteiger partial charge in [0.25, 0.3) is 11.6 Å². The number of rotatable bonds is 4. The first-order chi connectivity index (χ1) is 7.90. The smallest absolute Gasteiger partial charge is 0.271 e. The van der Waals surface area contributed by atoms with E-state index in [1.54, 1.807) is 0 Å². The van der Waals surface area contributed by atoms with Crippen LogP contribution in [0.5, 0.6) is 0 Å². The number of nitro benzene ring substituents is 1. The summed E-state index contributed by atoms with van der Waals surface area (Å²) in [6.45, 7) is 1.63. The highest BCUT2D eigenvalue weighted by atomic mass is 79.9. The van der Waals surface area contributed by atoms with Gasteiger partial charge in [0.05, 0.1) is 11.0 Å². The van der Waals surface area contributed by atoms with Crippen molar-refractivity contribution in [1.29, 1.82) is 0 Å². The summed E-state index contributed by atoms with van der Waals surface area (Å²) in [5.41, 5.74) is 0.00768. The van der Waals surface area contributed by atoms with E-state index in [1.165, 1.54) is 25.1 Å². The van der Waals surface area contributed by atoms with Crippen LogP contribution in [0.2, 0.25) is 0 Å². The quantitative estimate of drug-likeness (QED) is 0.650. The Hall–Kier alpha value is -1.47. The molecule has 1 atom stereocenters. The molecule has 1 aromatic carbocycles. The molecule has 17 heavy (non-hydrogen) atoms. The second-order valence-corrected chi connectivity index (χ2v) is 4.43. The fraction of sp³-hybridized carbons (Fsp3) is 0.300. The maximum Gasteiger partial charge on any atom is 0.271 e. The number of aliphatic hydroxyl groups excluding tert-OH is 1. The first-order valence-corrected chi connectivity index (χ1v) is 5.60. The minimum absolute atomic E-state index is 0.0964. The molecule has 92 valence electrons. The molecule has 0 heterocycles. The van der Waals surface area contributed by atoms with Crippen LogP contribution in [0, 0.1) is 10.1 Å². The van der Waals surface area contributed by atoms with Crippen LogP contribution < -0.4 is 5.32 Å². The normalized spacial score (nSPS) is 11.9. The molecule has 0 bridgehead atoms. The molecule has 0 aromatic heterocycles. The van der Waals surface area contributed by atoms with Crippen molar-refractivity contribution in [3.05, 3.63) is 38.3 Å². The maximum absolute atomic E-state index is 11.6. The average molecular weight is 303 g/mol. The average Bonchev–Trinajstić information content (AvgIpc) is 2.24. The van der Waals surface area contributed by atoms with Crippen molar-refractivity contribution in [1.82, 2.24) is 5.32 Å². The standard InChI is InChI=1S/C10H11BrN2O4/c1-6(14)5-12-10(15)7-2-8(11)4-9(3-7)13(16)17/h2-4,6,14H,5H2,1H3,(H,12,15)/t6-/m0/s1. The number of nitrogens with zero attached hydrogens (tertiary/aromatic N) is 1. The van der Waals surface area contributed by atoms with Crippen molar-refractivity contribution in [3.63, 3.8) is 0 Å². The summed E-state index contributed by atoms with van der Waals surface area (Å²) in [6.07, 6.45) is -0.666.